The fraction of sp³-hybridized carbons (Fsp3) is 0.222. The highest BCUT2D eigenvalue weighted by Gasteiger charge is 2.35. The number of carbonyl (C=O) groups is 1. The normalized spacial score (nSPS) is 16.6. The molecule has 0 saturated heterocycles. The summed E-state index contributed by atoms with van der Waals surface area (Å²) in [6, 6.07) is 11.8. The molecule has 0 aliphatic carbocycles. The van der Waals surface area contributed by atoms with Crippen LogP contribution >= 0.6 is 0 Å². The Kier molecular flexibility index (Phi) is 4.83. The third-order valence-electron chi connectivity index (χ3n) is 3.85. The molecule has 136 valence electrons. The number of alkyl halides is 3. The molecular weight excluding hydrogens is 349 g/mol. The second-order valence-electron chi connectivity index (χ2n) is 5.60. The number of anilines is 1. The molecule has 26 heavy (non-hydrogen) atoms. The van der Waals surface area contributed by atoms with Crippen molar-refractivity contribution in [2.45, 2.75) is 18.7 Å². The number of rotatable bonds is 4. The number of hydrogen-bond acceptors (Lipinski definition) is 4. The minimum absolute atomic E-state index is 0.146. The van der Waals surface area contributed by atoms with Gasteiger partial charge in [-0.3, -0.25) is 4.79 Å². The van der Waals surface area contributed by atoms with E-state index in [0.29, 0.717) is 11.5 Å². The Morgan fingerprint density at radius 3 is 2.73 bits per heavy atom. The van der Waals surface area contributed by atoms with Gasteiger partial charge in [0.05, 0.1) is 24.1 Å². The summed E-state index contributed by atoms with van der Waals surface area (Å²) in [5, 5.41) is 6.15. The molecule has 1 N–H and O–H groups in total. The van der Waals surface area contributed by atoms with Gasteiger partial charge in [0.1, 0.15) is 5.75 Å². The van der Waals surface area contributed by atoms with Crippen molar-refractivity contribution in [2.24, 2.45) is 5.16 Å². The topological polar surface area (TPSA) is 59.9 Å². The molecule has 1 heterocycles. The third kappa shape index (κ3) is 3.79. The highest BCUT2D eigenvalue weighted by Crippen LogP contribution is 2.34. The molecule has 0 fully saturated rings. The van der Waals surface area contributed by atoms with Crippen molar-refractivity contribution in [3.05, 3.63) is 59.7 Å². The molecule has 1 aliphatic rings. The Morgan fingerprint density at radius 1 is 1.23 bits per heavy atom. The van der Waals surface area contributed by atoms with Crippen LogP contribution in [0.2, 0.25) is 0 Å². The Labute approximate surface area is 147 Å². The number of carbonyl (C=O) groups excluding carboxylic acids is 1. The number of para-hydroxylation sites is 1. The number of nitrogens with one attached hydrogen (secondary N) is 1. The van der Waals surface area contributed by atoms with E-state index in [2.05, 4.69) is 10.5 Å². The minimum atomic E-state index is -4.57. The maximum atomic E-state index is 13.0. The fourth-order valence-corrected chi connectivity index (χ4v) is 2.54. The van der Waals surface area contributed by atoms with Crippen molar-refractivity contribution in [3.8, 4) is 5.75 Å². The van der Waals surface area contributed by atoms with Crippen LogP contribution in [0.5, 0.6) is 5.75 Å². The third-order valence-corrected chi connectivity index (χ3v) is 3.85. The summed E-state index contributed by atoms with van der Waals surface area (Å²) in [4.78, 5) is 17.4. The molecule has 0 aromatic heterocycles. The first-order chi connectivity index (χ1) is 12.4. The van der Waals surface area contributed by atoms with Crippen molar-refractivity contribution < 1.29 is 27.5 Å². The molecule has 0 bridgehead atoms. The molecule has 8 heteroatoms. The van der Waals surface area contributed by atoms with Gasteiger partial charge in [0.25, 0.3) is 5.91 Å². The maximum absolute atomic E-state index is 13.0. The first kappa shape index (κ1) is 17.8. The molecule has 3 rings (SSSR count). The van der Waals surface area contributed by atoms with E-state index >= 15 is 0 Å². The molecule has 0 spiro atoms. The van der Waals surface area contributed by atoms with Crippen LogP contribution in [0, 0.1) is 0 Å². The van der Waals surface area contributed by atoms with E-state index in [1.54, 1.807) is 24.3 Å². The molecule has 2 aromatic carbocycles. The number of halogens is 3. The fourth-order valence-electron chi connectivity index (χ4n) is 2.54. The lowest BCUT2D eigenvalue weighted by atomic mass is 10.0. The van der Waals surface area contributed by atoms with Crippen LogP contribution in [0.4, 0.5) is 18.9 Å². The predicted octanol–water partition coefficient (Wildman–Crippen LogP) is 3.85. The van der Waals surface area contributed by atoms with Crippen LogP contribution < -0.4 is 10.1 Å². The molecule has 1 aliphatic heterocycles. The quantitative estimate of drug-likeness (QED) is 0.897. The average Bonchev–Trinajstić information content (AvgIpc) is 3.11. The smallest absolute Gasteiger partial charge is 0.418 e. The van der Waals surface area contributed by atoms with Gasteiger partial charge in [0.2, 0.25) is 6.10 Å². The Morgan fingerprint density at radius 2 is 2.00 bits per heavy atom. The highest BCUT2D eigenvalue weighted by atomic mass is 19.4. The first-order valence-electron chi connectivity index (χ1n) is 7.72. The van der Waals surface area contributed by atoms with Crippen LogP contribution in [0.25, 0.3) is 0 Å². The largest absolute Gasteiger partial charge is 0.497 e. The van der Waals surface area contributed by atoms with Gasteiger partial charge in [-0.2, -0.15) is 13.2 Å². The number of nitrogens with zero attached hydrogens (tertiary/aromatic N) is 1. The number of amides is 1. The van der Waals surface area contributed by atoms with Gasteiger partial charge in [0, 0.05) is 12.0 Å². The molecule has 0 saturated carbocycles. The number of methoxy groups -OCH3 is 1. The number of oxime groups is 1. The predicted molar refractivity (Wildman–Crippen MR) is 89.1 cm³/mol. The number of benzene rings is 2. The molecule has 5 nitrogen and oxygen atoms in total. The minimum Gasteiger partial charge on any atom is -0.497 e. The van der Waals surface area contributed by atoms with Crippen molar-refractivity contribution in [1.82, 2.24) is 0 Å². The van der Waals surface area contributed by atoms with Gasteiger partial charge >= 0.3 is 6.18 Å². The van der Waals surface area contributed by atoms with E-state index in [9.17, 15) is 18.0 Å². The van der Waals surface area contributed by atoms with E-state index in [0.717, 1.165) is 11.6 Å². The van der Waals surface area contributed by atoms with Crippen molar-refractivity contribution in [3.63, 3.8) is 0 Å². The molecule has 1 amide bonds. The van der Waals surface area contributed by atoms with Gasteiger partial charge in [-0.15, -0.1) is 0 Å². The van der Waals surface area contributed by atoms with Crippen molar-refractivity contribution in [2.75, 3.05) is 12.4 Å². The number of ether oxygens (including phenoxy) is 1. The zero-order chi connectivity index (χ0) is 18.7. The van der Waals surface area contributed by atoms with Gasteiger partial charge in [0.15, 0.2) is 0 Å². The summed E-state index contributed by atoms with van der Waals surface area (Å²) in [6.45, 7) is 0. The van der Waals surface area contributed by atoms with Crippen molar-refractivity contribution >= 4 is 17.3 Å². The summed E-state index contributed by atoms with van der Waals surface area (Å²) in [5.41, 5.74) is 0.00668. The Bertz CT molecular complexity index is 850. The summed E-state index contributed by atoms with van der Waals surface area (Å²) < 4.78 is 44.2. The second kappa shape index (κ2) is 7.07. The SMILES string of the molecule is COc1cccc(C2=NOC(C(=O)Nc3ccccc3C(F)(F)F)C2)c1. The van der Waals surface area contributed by atoms with Crippen LogP contribution in [0.3, 0.4) is 0 Å². The lowest BCUT2D eigenvalue weighted by Crippen LogP contribution is -2.29. The zero-order valence-electron chi connectivity index (χ0n) is 13.7. The molecule has 1 atom stereocenters. The van der Waals surface area contributed by atoms with Crippen molar-refractivity contribution in [1.29, 1.82) is 0 Å². The summed E-state index contributed by atoms with van der Waals surface area (Å²) in [6.07, 6.45) is -5.42. The molecule has 0 radical (unpaired) electrons. The van der Waals surface area contributed by atoms with Crippen LogP contribution in [0.1, 0.15) is 17.5 Å². The second-order valence-corrected chi connectivity index (χ2v) is 5.60. The van der Waals surface area contributed by atoms with E-state index in [1.165, 1.54) is 25.3 Å². The van der Waals surface area contributed by atoms with Gasteiger partial charge in [-0.25, -0.2) is 0 Å². The van der Waals surface area contributed by atoms with Gasteiger partial charge in [-0.1, -0.05) is 29.4 Å². The first-order valence-corrected chi connectivity index (χ1v) is 7.72. The van der Waals surface area contributed by atoms with E-state index < -0.39 is 23.8 Å². The lowest BCUT2D eigenvalue weighted by molar-refractivity contribution is -0.137. The Hall–Kier alpha value is -3.03. The zero-order valence-corrected chi connectivity index (χ0v) is 13.7. The lowest BCUT2D eigenvalue weighted by Gasteiger charge is -2.15. The maximum Gasteiger partial charge on any atom is 0.418 e. The average molecular weight is 364 g/mol. The highest BCUT2D eigenvalue weighted by molar-refractivity contribution is 6.06. The molecular formula is C18H15F3N2O3. The van der Waals surface area contributed by atoms with Crippen LogP contribution in [-0.4, -0.2) is 24.8 Å². The monoisotopic (exact) mass is 364 g/mol. The summed E-state index contributed by atoms with van der Waals surface area (Å²) in [7, 11) is 1.53. The summed E-state index contributed by atoms with van der Waals surface area (Å²) in [5.74, 6) is -0.0689. The van der Waals surface area contributed by atoms with Gasteiger partial charge in [-0.05, 0) is 24.3 Å². The summed E-state index contributed by atoms with van der Waals surface area (Å²) >= 11 is 0. The standard InChI is InChI=1S/C18H15F3N2O3/c1-25-12-6-4-5-11(9-12)15-10-16(26-23-15)17(24)22-14-8-3-2-7-13(14)18(19,20)21/h2-9,16H,10H2,1H3,(H,22,24). The van der Waals surface area contributed by atoms with E-state index in [-0.39, 0.29) is 12.1 Å². The Balaban J connectivity index is 1.70. The molecule has 1 unspecified atom stereocenters. The molecule has 2 aromatic rings. The van der Waals surface area contributed by atoms with Gasteiger partial charge < -0.3 is 14.9 Å². The van der Waals surface area contributed by atoms with Crippen LogP contribution in [0.15, 0.2) is 53.7 Å². The van der Waals surface area contributed by atoms with Crippen LogP contribution in [-0.2, 0) is 15.8 Å². The van der Waals surface area contributed by atoms with E-state index in [1.807, 2.05) is 0 Å². The number of hydrogen-bond donors (Lipinski definition) is 1. The van der Waals surface area contributed by atoms with E-state index in [4.69, 9.17) is 9.57 Å².